The zero-order valence-electron chi connectivity index (χ0n) is 43.3. The summed E-state index contributed by atoms with van der Waals surface area (Å²) < 4.78 is 92.4. The van der Waals surface area contributed by atoms with Gasteiger partial charge in [0, 0.05) is 24.9 Å². The van der Waals surface area contributed by atoms with Crippen LogP contribution in [0.2, 0.25) is 0 Å². The normalized spacial score (nSPS) is 17.9. The van der Waals surface area contributed by atoms with Crippen LogP contribution in [0.25, 0.3) is 0 Å². The van der Waals surface area contributed by atoms with Crippen LogP contribution in [-0.2, 0) is 41.4 Å². The van der Waals surface area contributed by atoms with E-state index >= 15 is 0 Å². The average molecular weight is 1070 g/mol. The Labute approximate surface area is 437 Å². The summed E-state index contributed by atoms with van der Waals surface area (Å²) in [7, 11) is 3.11. The van der Waals surface area contributed by atoms with E-state index in [9.17, 15) is 60.3 Å². The molecule has 6 rings (SSSR count). The Morgan fingerprint density at radius 2 is 1.55 bits per heavy atom. The highest BCUT2D eigenvalue weighted by Crippen LogP contribution is 2.41. The highest BCUT2D eigenvalue weighted by atomic mass is 19.4. The summed E-state index contributed by atoms with van der Waals surface area (Å²) in [5.41, 5.74) is -1.80. The molecule has 0 aromatic heterocycles. The Morgan fingerprint density at radius 3 is 2.25 bits per heavy atom. The minimum atomic E-state index is -4.98. The van der Waals surface area contributed by atoms with Crippen LogP contribution in [0.5, 0.6) is 23.0 Å². The van der Waals surface area contributed by atoms with E-state index in [1.165, 1.54) is 10.2 Å². The molecule has 76 heavy (non-hydrogen) atoms. The molecule has 412 valence electrons. The lowest BCUT2D eigenvalue weighted by molar-refractivity contribution is -0.159. The summed E-state index contributed by atoms with van der Waals surface area (Å²) in [4.78, 5) is 106. The Bertz CT molecular complexity index is 2670. The number of unbranched alkanes of at least 4 members (excludes halogenated alkanes) is 5. The number of halogens is 5. The maximum atomic E-state index is 14.3. The van der Waals surface area contributed by atoms with Gasteiger partial charge in [-0.1, -0.05) is 64.7 Å². The van der Waals surface area contributed by atoms with Crippen molar-refractivity contribution in [2.75, 3.05) is 40.5 Å². The number of rotatable bonds is 26. The van der Waals surface area contributed by atoms with Gasteiger partial charge in [-0.15, -0.1) is 0 Å². The van der Waals surface area contributed by atoms with Crippen molar-refractivity contribution >= 4 is 47.0 Å². The number of piperidine rings is 2. The Balaban J connectivity index is 0.973. The number of hydrogen-bond donors (Lipinski definition) is 2. The summed E-state index contributed by atoms with van der Waals surface area (Å²) in [6, 6.07) is 10.9. The Kier molecular flexibility index (Phi) is 19.4. The molecular weight excluding hydrogens is 1000 g/mol. The second kappa shape index (κ2) is 25.3. The smallest absolute Gasteiger partial charge is 0.416 e. The first-order valence-electron chi connectivity index (χ1n) is 25.6. The van der Waals surface area contributed by atoms with Crippen LogP contribution in [0.3, 0.4) is 0 Å². The summed E-state index contributed by atoms with van der Waals surface area (Å²) in [5.74, 6) is -11.1. The number of fused-ring (bicyclic) bond motifs is 1. The molecule has 3 aliphatic heterocycles. The van der Waals surface area contributed by atoms with Gasteiger partial charge in [-0.2, -0.15) is 22.0 Å². The van der Waals surface area contributed by atoms with Gasteiger partial charge < -0.3 is 29.2 Å². The van der Waals surface area contributed by atoms with Gasteiger partial charge in [-0.25, -0.2) is 0 Å². The summed E-state index contributed by atoms with van der Waals surface area (Å²) in [6.07, 6.45) is 0.752. The van der Waals surface area contributed by atoms with Crippen molar-refractivity contribution in [2.24, 2.45) is 5.41 Å². The third-order valence-corrected chi connectivity index (χ3v) is 14.3. The molecule has 0 aliphatic carbocycles. The molecule has 3 atom stereocenters. The summed E-state index contributed by atoms with van der Waals surface area (Å²) in [5, 5.41) is 4.23. The highest BCUT2D eigenvalue weighted by molar-refractivity contribution is 6.38. The SMILES string of the molecule is CCC(C)(C)C(=O)C(=O)N1CCCCC1C(=O)C[C@H](CCc1ccc(OC)c(OC)c1)c1cccc(OCC(=O)NCCCCCCCCOc2cc(C(F)(F)F)cc3c2C(=O)N(C2CC(F)(F)C(=O)NC2=O)C3=O)c1. The number of likely N-dealkylation sites (tertiary alicyclic amines) is 1. The standard InChI is InChI=1S/C55H65F5N4O12/c1-6-53(2,3)47(67)51(71)63-24-13-11-18-39(63)41(65)28-35(21-19-33-20-22-42(73-4)43(26-33)74-5)34-16-15-17-37(27-34)76-32-45(66)61-23-12-9-7-8-10-14-25-75-44-30-36(55(58,59)60)29-38-46(44)50(70)64(49(38)69)40-31-54(56,57)52(72)62-48(40)68/h15-17,20,22,26-27,29-30,35,39-40H,6-14,18-19,21,23-25,28,31-32H2,1-5H3,(H,61,66)(H,62,68,72)/t35-,39?,40?/m0/s1. The zero-order chi connectivity index (χ0) is 55.5. The van der Waals surface area contributed by atoms with Gasteiger partial charge in [0.05, 0.1) is 50.0 Å². The lowest BCUT2D eigenvalue weighted by Gasteiger charge is -2.36. The van der Waals surface area contributed by atoms with E-state index in [0.29, 0.717) is 100 Å². The minimum Gasteiger partial charge on any atom is -0.493 e. The first-order chi connectivity index (χ1) is 36.0. The molecular formula is C55H65F5N4O12. The summed E-state index contributed by atoms with van der Waals surface area (Å²) >= 11 is 0. The molecule has 16 nitrogen and oxygen atoms in total. The molecule has 0 saturated carbocycles. The molecule has 3 aromatic carbocycles. The number of methoxy groups -OCH3 is 2. The topological polar surface area (TPSA) is 204 Å². The number of ether oxygens (including phenoxy) is 4. The van der Waals surface area contributed by atoms with Gasteiger partial charge in [-0.3, -0.25) is 48.6 Å². The second-order valence-corrected chi connectivity index (χ2v) is 20.0. The lowest BCUT2D eigenvalue weighted by Crippen LogP contribution is -2.61. The molecule has 0 spiro atoms. The average Bonchev–Trinajstić information content (AvgIpc) is 3.70. The van der Waals surface area contributed by atoms with E-state index < -0.39 is 93.8 Å². The molecule has 3 aromatic rings. The number of benzene rings is 3. The first kappa shape index (κ1) is 58.3. The number of nitrogens with zero attached hydrogens (tertiary/aromatic N) is 2. The Morgan fingerprint density at radius 1 is 0.842 bits per heavy atom. The van der Waals surface area contributed by atoms with Gasteiger partial charge in [0.15, 0.2) is 23.9 Å². The van der Waals surface area contributed by atoms with Crippen molar-refractivity contribution in [3.05, 3.63) is 82.4 Å². The number of hydrogen-bond acceptors (Lipinski definition) is 12. The van der Waals surface area contributed by atoms with Gasteiger partial charge in [0.1, 0.15) is 17.5 Å². The molecule has 6 amide bonds. The van der Waals surface area contributed by atoms with E-state index in [2.05, 4.69) is 5.32 Å². The molecule has 2 saturated heterocycles. The molecule has 21 heteroatoms. The van der Waals surface area contributed by atoms with Crippen LogP contribution in [0.1, 0.15) is 148 Å². The molecule has 2 fully saturated rings. The third kappa shape index (κ3) is 14.1. The number of ketones is 2. The van der Waals surface area contributed by atoms with Gasteiger partial charge in [0.25, 0.3) is 29.5 Å². The fourth-order valence-corrected chi connectivity index (χ4v) is 9.47. The molecule has 2 N–H and O–H groups in total. The Hall–Kier alpha value is -6.93. The number of imide groups is 2. The quantitative estimate of drug-likeness (QED) is 0.0337. The van der Waals surface area contributed by atoms with Crippen LogP contribution in [0.4, 0.5) is 22.0 Å². The van der Waals surface area contributed by atoms with Crippen LogP contribution in [0, 0.1) is 5.41 Å². The number of carbonyl (C=O) groups excluding carboxylic acids is 8. The number of aryl methyl sites for hydroxylation is 1. The number of amides is 6. The van der Waals surface area contributed by atoms with Crippen LogP contribution >= 0.6 is 0 Å². The predicted octanol–water partition coefficient (Wildman–Crippen LogP) is 8.35. The van der Waals surface area contributed by atoms with Crippen molar-refractivity contribution < 1.29 is 79.3 Å². The predicted molar refractivity (Wildman–Crippen MR) is 265 cm³/mol. The van der Waals surface area contributed by atoms with E-state index in [1.54, 1.807) is 46.3 Å². The van der Waals surface area contributed by atoms with Gasteiger partial charge in [-0.05, 0) is 105 Å². The van der Waals surface area contributed by atoms with Crippen molar-refractivity contribution in [3.63, 3.8) is 0 Å². The van der Waals surface area contributed by atoms with E-state index in [-0.39, 0.29) is 42.1 Å². The first-order valence-corrected chi connectivity index (χ1v) is 25.6. The lowest BCUT2D eigenvalue weighted by atomic mass is 9.82. The largest absolute Gasteiger partial charge is 0.493 e. The van der Waals surface area contributed by atoms with Crippen LogP contribution < -0.4 is 29.6 Å². The van der Waals surface area contributed by atoms with Crippen molar-refractivity contribution in [2.45, 2.75) is 141 Å². The van der Waals surface area contributed by atoms with Crippen molar-refractivity contribution in [1.29, 1.82) is 0 Å². The maximum Gasteiger partial charge on any atom is 0.416 e. The van der Waals surface area contributed by atoms with Gasteiger partial charge >= 0.3 is 12.1 Å². The fourth-order valence-electron chi connectivity index (χ4n) is 9.47. The molecule has 0 radical (unpaired) electrons. The number of Topliss-reactive ketones (excluding diaryl/α,β-unsaturated/α-hetero) is 2. The minimum absolute atomic E-state index is 0.0984. The molecule has 2 unspecified atom stereocenters. The molecule has 3 heterocycles. The van der Waals surface area contributed by atoms with Crippen LogP contribution in [-0.4, -0.2) is 115 Å². The maximum absolute atomic E-state index is 14.3. The number of alkyl halides is 5. The van der Waals surface area contributed by atoms with Crippen molar-refractivity contribution in [1.82, 2.24) is 20.4 Å². The fraction of sp³-hybridized carbons (Fsp3) is 0.527. The number of nitrogens with one attached hydrogen (secondary N) is 2. The number of carbonyl (C=O) groups is 8. The van der Waals surface area contributed by atoms with E-state index in [4.69, 9.17) is 18.9 Å². The van der Waals surface area contributed by atoms with Crippen LogP contribution in [0.15, 0.2) is 54.6 Å². The second-order valence-electron chi connectivity index (χ2n) is 20.0. The zero-order valence-corrected chi connectivity index (χ0v) is 43.3. The molecule has 0 bridgehead atoms. The monoisotopic (exact) mass is 1070 g/mol. The van der Waals surface area contributed by atoms with E-state index in [1.807, 2.05) is 31.2 Å². The highest BCUT2D eigenvalue weighted by Gasteiger charge is 2.55. The third-order valence-electron chi connectivity index (χ3n) is 14.3. The van der Waals surface area contributed by atoms with Gasteiger partial charge in [0.2, 0.25) is 11.7 Å². The van der Waals surface area contributed by atoms with Crippen molar-refractivity contribution in [3.8, 4) is 23.0 Å². The molecule has 3 aliphatic rings. The van der Waals surface area contributed by atoms with E-state index in [0.717, 1.165) is 30.4 Å². The summed E-state index contributed by atoms with van der Waals surface area (Å²) in [6.45, 7) is 5.57.